The van der Waals surface area contributed by atoms with Gasteiger partial charge in [-0.15, -0.1) is 11.3 Å². The van der Waals surface area contributed by atoms with Gasteiger partial charge < -0.3 is 14.4 Å². The first-order chi connectivity index (χ1) is 22.8. The quantitative estimate of drug-likeness (QED) is 0.206. The Morgan fingerprint density at radius 2 is 2.06 bits per heavy atom. The van der Waals surface area contributed by atoms with E-state index in [0.29, 0.717) is 24.2 Å². The highest BCUT2D eigenvalue weighted by Gasteiger charge is 2.49. The Bertz CT molecular complexity index is 2010. The van der Waals surface area contributed by atoms with Crippen LogP contribution in [0, 0.1) is 23.0 Å². The number of nitrogens with zero attached hydrogens (tertiary/aromatic N) is 5. The van der Waals surface area contributed by atoms with Crippen LogP contribution in [0.5, 0.6) is 6.01 Å². The number of nitriles is 1. The van der Waals surface area contributed by atoms with E-state index in [1.165, 1.54) is 12.1 Å². The van der Waals surface area contributed by atoms with Crippen molar-refractivity contribution in [1.82, 2.24) is 14.9 Å². The van der Waals surface area contributed by atoms with Crippen molar-refractivity contribution in [3.8, 4) is 23.2 Å². The van der Waals surface area contributed by atoms with E-state index >= 15 is 8.78 Å². The summed E-state index contributed by atoms with van der Waals surface area (Å²) >= 11 is 7.67. The van der Waals surface area contributed by atoms with Crippen molar-refractivity contribution >= 4 is 60.8 Å². The molecular weight excluding hydrogens is 665 g/mol. The number of thiophene rings is 1. The van der Waals surface area contributed by atoms with Crippen molar-refractivity contribution in [2.24, 2.45) is 0 Å². The van der Waals surface area contributed by atoms with Crippen molar-refractivity contribution in [2.45, 2.75) is 76.2 Å². The predicted molar refractivity (Wildman–Crippen MR) is 180 cm³/mol. The fourth-order valence-corrected chi connectivity index (χ4v) is 8.36. The van der Waals surface area contributed by atoms with Crippen LogP contribution in [-0.4, -0.2) is 71.1 Å². The third kappa shape index (κ3) is 5.77. The van der Waals surface area contributed by atoms with Gasteiger partial charge in [-0.3, -0.25) is 10.2 Å². The second kappa shape index (κ2) is 11.9. The number of halogens is 4. The summed E-state index contributed by atoms with van der Waals surface area (Å²) in [6.45, 7) is 6.40. The molecule has 252 valence electrons. The van der Waals surface area contributed by atoms with Gasteiger partial charge in [-0.2, -0.15) is 15.2 Å². The Morgan fingerprint density at radius 3 is 2.77 bits per heavy atom. The molecule has 14 heteroatoms. The number of aromatic nitrogens is 2. The third-order valence-corrected chi connectivity index (χ3v) is 10.7. The van der Waals surface area contributed by atoms with E-state index in [2.05, 4.69) is 15.2 Å². The maximum absolute atomic E-state index is 17.0. The number of carbonyl (C=O) groups is 1. The van der Waals surface area contributed by atoms with E-state index in [0.717, 1.165) is 43.6 Å². The molecule has 4 heterocycles. The number of benzene rings is 2. The van der Waals surface area contributed by atoms with Gasteiger partial charge in [-0.05, 0) is 70.7 Å². The zero-order valence-corrected chi connectivity index (χ0v) is 28.5. The number of hydrogen-bond acceptors (Lipinski definition) is 9. The highest BCUT2D eigenvalue weighted by atomic mass is 35.5. The Morgan fingerprint density at radius 1 is 1.29 bits per heavy atom. The van der Waals surface area contributed by atoms with Crippen molar-refractivity contribution in [1.29, 1.82) is 5.26 Å². The Labute approximate surface area is 284 Å². The molecule has 1 saturated carbocycles. The number of carbonyl (C=O) groups excluding carboxylic acids is 1. The molecule has 1 aliphatic carbocycles. The van der Waals surface area contributed by atoms with Gasteiger partial charge in [0.1, 0.15) is 46.6 Å². The second-order valence-corrected chi connectivity index (χ2v) is 15.3. The summed E-state index contributed by atoms with van der Waals surface area (Å²) in [5.74, 6) is -1.01. The lowest BCUT2D eigenvalue weighted by Gasteiger charge is -2.31. The molecule has 3 fully saturated rings. The Kier molecular flexibility index (Phi) is 8.12. The zero-order valence-electron chi connectivity index (χ0n) is 26.9. The van der Waals surface area contributed by atoms with Crippen molar-refractivity contribution < 1.29 is 27.4 Å². The van der Waals surface area contributed by atoms with Gasteiger partial charge in [0.2, 0.25) is 0 Å². The Balaban J connectivity index is 1.35. The summed E-state index contributed by atoms with van der Waals surface area (Å²) in [6, 6.07) is 6.31. The second-order valence-electron chi connectivity index (χ2n) is 13.8. The first-order valence-electron chi connectivity index (χ1n) is 15.9. The van der Waals surface area contributed by atoms with Crippen molar-refractivity contribution in [2.75, 3.05) is 37.0 Å². The molecule has 0 unspecified atom stereocenters. The maximum Gasteiger partial charge on any atom is 0.412 e. The molecule has 2 aromatic carbocycles. The number of hydrogen-bond donors (Lipinski definition) is 1. The van der Waals surface area contributed by atoms with Crippen LogP contribution in [0.15, 0.2) is 18.2 Å². The van der Waals surface area contributed by atoms with E-state index in [9.17, 15) is 14.4 Å². The average molecular weight is 699 g/mol. The van der Waals surface area contributed by atoms with E-state index < -0.39 is 35.0 Å². The third-order valence-electron chi connectivity index (χ3n) is 9.29. The number of anilines is 2. The van der Waals surface area contributed by atoms with E-state index in [-0.39, 0.29) is 61.0 Å². The number of nitrogens with one attached hydrogen (secondary N) is 1. The molecule has 0 spiro atoms. The molecule has 2 saturated heterocycles. The summed E-state index contributed by atoms with van der Waals surface area (Å²) in [6.07, 6.45) is 2.23. The fourth-order valence-electron chi connectivity index (χ4n) is 6.99. The highest BCUT2D eigenvalue weighted by molar-refractivity contribution is 7.23. The molecule has 9 nitrogen and oxygen atoms in total. The molecule has 4 aromatic rings. The van der Waals surface area contributed by atoms with Crippen LogP contribution in [0.25, 0.3) is 32.1 Å². The standard InChI is InChI=1S/C34H34ClF3N6O3S/c1-33(2,3)47-32(45)42-30-21(14-39)24-19(8-9-23(37)28(24)48-30)25-22(35)12-20-27(26(25)38)40-31(41-29(20)43(4)18-6-7-18)46-16-34-10-5-11-44(34)15-17(36)13-34/h8-9,12,17-18H,5-7,10-11,13,15-16H2,1-4H3,(H,42,45)/t17-,34+/m1/s1. The van der Waals surface area contributed by atoms with Gasteiger partial charge in [-0.1, -0.05) is 17.7 Å². The van der Waals surface area contributed by atoms with E-state index in [4.69, 9.17) is 26.1 Å². The molecular formula is C34H34ClF3N6O3S. The van der Waals surface area contributed by atoms with Gasteiger partial charge >= 0.3 is 12.1 Å². The van der Waals surface area contributed by atoms with Crippen LogP contribution in [0.1, 0.15) is 58.4 Å². The summed E-state index contributed by atoms with van der Waals surface area (Å²) < 4.78 is 58.2. The summed E-state index contributed by atoms with van der Waals surface area (Å²) in [4.78, 5) is 25.9. The predicted octanol–water partition coefficient (Wildman–Crippen LogP) is 8.22. The summed E-state index contributed by atoms with van der Waals surface area (Å²) in [5, 5.41) is 13.3. The first kappa shape index (κ1) is 32.7. The normalized spacial score (nSPS) is 21.0. The summed E-state index contributed by atoms with van der Waals surface area (Å²) in [7, 11) is 1.87. The molecule has 7 rings (SSSR count). The number of fused-ring (bicyclic) bond motifs is 3. The highest BCUT2D eigenvalue weighted by Crippen LogP contribution is 2.47. The lowest BCUT2D eigenvalue weighted by Crippen LogP contribution is -2.43. The molecule has 48 heavy (non-hydrogen) atoms. The molecule has 2 aromatic heterocycles. The van der Waals surface area contributed by atoms with Gasteiger partial charge in [0.15, 0.2) is 5.82 Å². The minimum atomic E-state index is -0.937. The number of amides is 1. The summed E-state index contributed by atoms with van der Waals surface area (Å²) in [5.41, 5.74) is -1.33. The van der Waals surface area contributed by atoms with Gasteiger partial charge in [0, 0.05) is 42.4 Å². The van der Waals surface area contributed by atoms with Crippen LogP contribution >= 0.6 is 22.9 Å². The molecule has 1 N–H and O–H groups in total. The molecule has 1 amide bonds. The fraction of sp³-hybridized carbons (Fsp3) is 0.471. The number of alkyl halides is 1. The first-order valence-corrected chi connectivity index (χ1v) is 17.1. The Hall–Kier alpha value is -3.86. The minimum Gasteiger partial charge on any atom is -0.461 e. The van der Waals surface area contributed by atoms with Crippen LogP contribution in [0.3, 0.4) is 0 Å². The maximum atomic E-state index is 17.0. The van der Waals surface area contributed by atoms with Gasteiger partial charge in [0.05, 0.1) is 20.8 Å². The molecule has 3 aliphatic rings. The van der Waals surface area contributed by atoms with Crippen LogP contribution < -0.4 is 15.0 Å². The average Bonchev–Trinajstić information content (AvgIpc) is 3.59. The van der Waals surface area contributed by atoms with E-state index in [1.54, 1.807) is 26.8 Å². The zero-order chi connectivity index (χ0) is 34.1. The lowest BCUT2D eigenvalue weighted by atomic mass is 9.95. The molecule has 2 aliphatic heterocycles. The monoisotopic (exact) mass is 698 g/mol. The van der Waals surface area contributed by atoms with Crippen LogP contribution in [0.4, 0.5) is 28.8 Å². The van der Waals surface area contributed by atoms with Crippen molar-refractivity contribution in [3.63, 3.8) is 0 Å². The van der Waals surface area contributed by atoms with Crippen molar-refractivity contribution in [3.05, 3.63) is 40.4 Å². The number of rotatable bonds is 7. The largest absolute Gasteiger partial charge is 0.461 e. The van der Waals surface area contributed by atoms with Gasteiger partial charge in [-0.25, -0.2) is 18.0 Å². The smallest absolute Gasteiger partial charge is 0.412 e. The molecule has 2 atom stereocenters. The molecule has 0 bridgehead atoms. The number of ether oxygens (including phenoxy) is 2. The molecule has 0 radical (unpaired) electrons. The minimum absolute atomic E-state index is 0.00722. The van der Waals surface area contributed by atoms with Crippen LogP contribution in [0.2, 0.25) is 5.02 Å². The topological polar surface area (TPSA) is 104 Å². The van der Waals surface area contributed by atoms with E-state index in [1.807, 2.05) is 18.0 Å². The lowest BCUT2D eigenvalue weighted by molar-refractivity contribution is 0.0636. The SMILES string of the molecule is CN(c1nc(OC[C@@]23CCCN2C[C@H](F)C3)nc2c(F)c(-c3ccc(F)c4sc(NC(=O)OC(C)(C)C)c(C#N)c34)c(Cl)cc12)C1CC1. The van der Waals surface area contributed by atoms with Crippen LogP contribution in [-0.2, 0) is 4.74 Å². The van der Waals surface area contributed by atoms with Gasteiger partial charge in [0.25, 0.3) is 0 Å².